The summed E-state index contributed by atoms with van der Waals surface area (Å²) < 4.78 is 1.24. The van der Waals surface area contributed by atoms with Crippen molar-refractivity contribution < 1.29 is 0 Å². The van der Waals surface area contributed by atoms with Crippen LogP contribution in [0.25, 0.3) is 0 Å². The number of nitrogens with zero attached hydrogens (tertiary/aromatic N) is 1. The molecule has 2 nitrogen and oxygen atoms in total. The lowest BCUT2D eigenvalue weighted by Gasteiger charge is -2.37. The van der Waals surface area contributed by atoms with E-state index in [1.165, 1.54) is 28.7 Å². The van der Waals surface area contributed by atoms with Gasteiger partial charge in [-0.1, -0.05) is 28.1 Å². The van der Waals surface area contributed by atoms with E-state index in [4.69, 9.17) is 5.73 Å². The number of halogens is 1. The topological polar surface area (TPSA) is 29.3 Å². The maximum absolute atomic E-state index is 6.20. The Balaban J connectivity index is 1.86. The first-order valence-corrected chi connectivity index (χ1v) is 6.65. The molecule has 0 radical (unpaired) electrons. The highest BCUT2D eigenvalue weighted by molar-refractivity contribution is 9.10. The Bertz CT molecular complexity index is 420. The Hall–Kier alpha value is -0.380. The smallest absolute Gasteiger partial charge is 0.0411 e. The molecule has 2 N–H and O–H groups in total. The van der Waals surface area contributed by atoms with Crippen LogP contribution in [0.3, 0.4) is 0 Å². The molecule has 1 aromatic carbocycles. The zero-order chi connectivity index (χ0) is 11.3. The van der Waals surface area contributed by atoms with Crippen molar-refractivity contribution in [3.8, 4) is 0 Å². The second-order valence-corrected chi connectivity index (χ2v) is 6.16. The van der Waals surface area contributed by atoms with Crippen LogP contribution in [0.1, 0.15) is 29.9 Å². The molecule has 0 aromatic heterocycles. The molecule has 0 amide bonds. The molecule has 1 aromatic rings. The molecule has 2 fully saturated rings. The molecule has 1 aliphatic carbocycles. The van der Waals surface area contributed by atoms with Crippen LogP contribution in [-0.2, 0) is 5.54 Å². The predicted molar refractivity (Wildman–Crippen MR) is 69.5 cm³/mol. The molecule has 2 aliphatic rings. The van der Waals surface area contributed by atoms with Crippen LogP contribution in [0, 0.1) is 0 Å². The van der Waals surface area contributed by atoms with Crippen molar-refractivity contribution in [2.24, 2.45) is 5.73 Å². The average Bonchev–Trinajstić information content (AvgIpc) is 2.94. The second kappa shape index (κ2) is 3.56. The van der Waals surface area contributed by atoms with Crippen LogP contribution in [0.4, 0.5) is 0 Å². The zero-order valence-electron chi connectivity index (χ0n) is 9.54. The first-order valence-electron chi connectivity index (χ1n) is 5.86. The number of benzene rings is 1. The van der Waals surface area contributed by atoms with Gasteiger partial charge in [0.05, 0.1) is 0 Å². The Morgan fingerprint density at radius 3 is 2.56 bits per heavy atom. The lowest BCUT2D eigenvalue weighted by Crippen LogP contribution is -2.41. The third-order valence-corrected chi connectivity index (χ3v) is 4.55. The SMILES string of the molecule is CN1CC(c2ccc(C3(N)CC3)cc2Br)C1. The van der Waals surface area contributed by atoms with Crippen molar-refractivity contribution in [3.05, 3.63) is 33.8 Å². The minimum Gasteiger partial charge on any atom is -0.321 e. The van der Waals surface area contributed by atoms with E-state index in [1.54, 1.807) is 0 Å². The molecular weight excluding hydrogens is 264 g/mol. The minimum absolute atomic E-state index is 0.0164. The van der Waals surface area contributed by atoms with E-state index < -0.39 is 0 Å². The molecule has 0 atom stereocenters. The number of likely N-dealkylation sites (tertiary alicyclic amines) is 1. The monoisotopic (exact) mass is 280 g/mol. The van der Waals surface area contributed by atoms with E-state index in [2.05, 4.69) is 46.1 Å². The fraction of sp³-hybridized carbons (Fsp3) is 0.538. The lowest BCUT2D eigenvalue weighted by molar-refractivity contribution is 0.189. The maximum atomic E-state index is 6.20. The van der Waals surface area contributed by atoms with Crippen molar-refractivity contribution in [2.75, 3.05) is 20.1 Å². The Labute approximate surface area is 105 Å². The Kier molecular flexibility index (Phi) is 2.39. The van der Waals surface area contributed by atoms with Gasteiger partial charge in [0, 0.05) is 29.0 Å². The zero-order valence-corrected chi connectivity index (χ0v) is 11.1. The van der Waals surface area contributed by atoms with Gasteiger partial charge in [-0.15, -0.1) is 0 Å². The quantitative estimate of drug-likeness (QED) is 0.902. The third kappa shape index (κ3) is 1.71. The van der Waals surface area contributed by atoms with Crippen molar-refractivity contribution in [1.82, 2.24) is 4.90 Å². The molecule has 1 saturated heterocycles. The van der Waals surface area contributed by atoms with Crippen molar-refractivity contribution in [1.29, 1.82) is 0 Å². The van der Waals surface area contributed by atoms with E-state index >= 15 is 0 Å². The van der Waals surface area contributed by atoms with Crippen LogP contribution in [-0.4, -0.2) is 25.0 Å². The molecule has 0 bridgehead atoms. The van der Waals surface area contributed by atoms with Gasteiger partial charge in [0.25, 0.3) is 0 Å². The van der Waals surface area contributed by atoms with Gasteiger partial charge in [0.1, 0.15) is 0 Å². The summed E-state index contributed by atoms with van der Waals surface area (Å²) in [5, 5.41) is 0. The molecule has 1 aliphatic heterocycles. The highest BCUT2D eigenvalue weighted by Gasteiger charge is 2.40. The summed E-state index contributed by atoms with van der Waals surface area (Å²) in [7, 11) is 2.16. The van der Waals surface area contributed by atoms with E-state index in [9.17, 15) is 0 Å². The largest absolute Gasteiger partial charge is 0.321 e. The number of nitrogens with two attached hydrogens (primary N) is 1. The van der Waals surface area contributed by atoms with Gasteiger partial charge in [-0.2, -0.15) is 0 Å². The highest BCUT2D eigenvalue weighted by atomic mass is 79.9. The molecule has 0 spiro atoms. The summed E-state index contributed by atoms with van der Waals surface area (Å²) in [6.45, 7) is 2.34. The van der Waals surface area contributed by atoms with Gasteiger partial charge >= 0.3 is 0 Å². The summed E-state index contributed by atoms with van der Waals surface area (Å²) in [4.78, 5) is 2.34. The van der Waals surface area contributed by atoms with E-state index in [0.29, 0.717) is 5.92 Å². The summed E-state index contributed by atoms with van der Waals surface area (Å²) in [5.74, 6) is 0.696. The van der Waals surface area contributed by atoms with Gasteiger partial charge < -0.3 is 10.6 Å². The summed E-state index contributed by atoms with van der Waals surface area (Å²) in [6.07, 6.45) is 2.26. The molecule has 3 rings (SSSR count). The summed E-state index contributed by atoms with van der Waals surface area (Å²) in [6, 6.07) is 6.69. The molecule has 86 valence electrons. The van der Waals surface area contributed by atoms with Gasteiger partial charge in [-0.3, -0.25) is 0 Å². The van der Waals surface area contributed by atoms with Gasteiger partial charge in [0.2, 0.25) is 0 Å². The van der Waals surface area contributed by atoms with E-state index in [-0.39, 0.29) is 5.54 Å². The Morgan fingerprint density at radius 2 is 2.06 bits per heavy atom. The number of hydrogen-bond donors (Lipinski definition) is 1. The van der Waals surface area contributed by atoms with Crippen LogP contribution >= 0.6 is 15.9 Å². The van der Waals surface area contributed by atoms with Crippen molar-refractivity contribution in [2.45, 2.75) is 24.3 Å². The molecule has 0 unspecified atom stereocenters. The molecule has 3 heteroatoms. The van der Waals surface area contributed by atoms with Gasteiger partial charge in [-0.25, -0.2) is 0 Å². The third-order valence-electron chi connectivity index (χ3n) is 3.87. The van der Waals surface area contributed by atoms with Crippen LogP contribution in [0.5, 0.6) is 0 Å². The average molecular weight is 281 g/mol. The predicted octanol–water partition coefficient (Wildman–Crippen LogP) is 2.43. The summed E-state index contributed by atoms with van der Waals surface area (Å²) in [5.41, 5.74) is 8.91. The molecule has 1 saturated carbocycles. The molecular formula is C13H17BrN2. The number of rotatable bonds is 2. The van der Waals surface area contributed by atoms with Gasteiger partial charge in [-0.05, 0) is 37.1 Å². The van der Waals surface area contributed by atoms with Gasteiger partial charge in [0.15, 0.2) is 0 Å². The fourth-order valence-corrected chi connectivity index (χ4v) is 3.19. The van der Waals surface area contributed by atoms with Crippen molar-refractivity contribution >= 4 is 15.9 Å². The minimum atomic E-state index is -0.0164. The fourth-order valence-electron chi connectivity index (χ4n) is 2.49. The highest BCUT2D eigenvalue weighted by Crippen LogP contribution is 2.44. The Morgan fingerprint density at radius 1 is 1.38 bits per heavy atom. The van der Waals surface area contributed by atoms with Crippen LogP contribution < -0.4 is 5.73 Å². The van der Waals surface area contributed by atoms with Crippen LogP contribution in [0.15, 0.2) is 22.7 Å². The van der Waals surface area contributed by atoms with Crippen LogP contribution in [0.2, 0.25) is 0 Å². The maximum Gasteiger partial charge on any atom is 0.0411 e. The molecule has 1 heterocycles. The standard InChI is InChI=1S/C13H17BrN2/c1-16-7-9(8-16)11-3-2-10(6-12(11)14)13(15)4-5-13/h2-3,6,9H,4-5,7-8,15H2,1H3. The van der Waals surface area contributed by atoms with Crippen molar-refractivity contribution in [3.63, 3.8) is 0 Å². The number of likely N-dealkylation sites (N-methyl/N-ethyl adjacent to an activating group) is 1. The van der Waals surface area contributed by atoms with E-state index in [1.807, 2.05) is 0 Å². The summed E-state index contributed by atoms with van der Waals surface area (Å²) >= 11 is 3.69. The molecule has 16 heavy (non-hydrogen) atoms. The van der Waals surface area contributed by atoms with E-state index in [0.717, 1.165) is 12.8 Å². The first kappa shape index (κ1) is 10.8. The second-order valence-electron chi connectivity index (χ2n) is 5.31. The normalized spacial score (nSPS) is 24.2. The first-order chi connectivity index (χ1) is 7.58. The number of hydrogen-bond acceptors (Lipinski definition) is 2. The lowest BCUT2D eigenvalue weighted by atomic mass is 9.90.